The largest absolute Gasteiger partial charge is 0.349 e. The molecule has 0 fully saturated rings. The number of carbonyl (C=O) groups is 1. The molecule has 1 N–H and O–H groups in total. The van der Waals surface area contributed by atoms with Crippen molar-refractivity contribution >= 4 is 5.91 Å². The minimum Gasteiger partial charge on any atom is -0.349 e. The van der Waals surface area contributed by atoms with Crippen molar-refractivity contribution in [3.05, 3.63) is 71.3 Å². The van der Waals surface area contributed by atoms with Gasteiger partial charge in [0, 0.05) is 11.6 Å². The summed E-state index contributed by atoms with van der Waals surface area (Å²) in [6.07, 6.45) is 1.79. The van der Waals surface area contributed by atoms with Crippen LogP contribution in [-0.2, 0) is 6.42 Å². The zero-order valence-electron chi connectivity index (χ0n) is 12.1. The van der Waals surface area contributed by atoms with Crippen LogP contribution in [-0.4, -0.2) is 11.9 Å². The van der Waals surface area contributed by atoms with E-state index < -0.39 is 0 Å². The molecule has 0 aromatic heterocycles. The van der Waals surface area contributed by atoms with Gasteiger partial charge in [0.2, 0.25) is 0 Å². The highest BCUT2D eigenvalue weighted by Crippen LogP contribution is 2.10. The molecule has 0 unspecified atom stereocenters. The molecule has 0 heterocycles. The van der Waals surface area contributed by atoms with Gasteiger partial charge in [0.25, 0.3) is 5.91 Å². The molecular formula is C18H21NO. The zero-order chi connectivity index (χ0) is 14.4. The quantitative estimate of drug-likeness (QED) is 0.878. The fourth-order valence-electron chi connectivity index (χ4n) is 2.29. The van der Waals surface area contributed by atoms with Gasteiger partial charge in [-0.25, -0.2) is 0 Å². The number of benzene rings is 2. The lowest BCUT2D eigenvalue weighted by Crippen LogP contribution is -2.36. The SMILES string of the molecule is CC[C@H](Cc1ccccc1)NC(=O)c1ccccc1C. The van der Waals surface area contributed by atoms with Crippen molar-refractivity contribution in [1.82, 2.24) is 5.32 Å². The maximum Gasteiger partial charge on any atom is 0.251 e. The van der Waals surface area contributed by atoms with E-state index in [-0.39, 0.29) is 11.9 Å². The number of rotatable bonds is 5. The highest BCUT2D eigenvalue weighted by Gasteiger charge is 2.13. The minimum absolute atomic E-state index is 0.0193. The molecule has 0 spiro atoms. The number of carbonyl (C=O) groups excluding carboxylic acids is 1. The molecule has 0 aliphatic heterocycles. The van der Waals surface area contributed by atoms with Gasteiger partial charge in [0.05, 0.1) is 0 Å². The lowest BCUT2D eigenvalue weighted by molar-refractivity contribution is 0.0935. The van der Waals surface area contributed by atoms with Crippen molar-refractivity contribution in [2.75, 3.05) is 0 Å². The van der Waals surface area contributed by atoms with Crippen LogP contribution in [0.1, 0.15) is 34.8 Å². The van der Waals surface area contributed by atoms with E-state index in [4.69, 9.17) is 0 Å². The normalized spacial score (nSPS) is 11.9. The highest BCUT2D eigenvalue weighted by atomic mass is 16.1. The van der Waals surface area contributed by atoms with E-state index in [2.05, 4.69) is 24.4 Å². The molecule has 104 valence electrons. The maximum absolute atomic E-state index is 12.3. The van der Waals surface area contributed by atoms with E-state index in [1.807, 2.05) is 49.4 Å². The predicted octanol–water partition coefficient (Wildman–Crippen LogP) is 3.75. The Bertz CT molecular complexity index is 563. The van der Waals surface area contributed by atoms with Gasteiger partial charge in [-0.1, -0.05) is 55.5 Å². The fourth-order valence-corrected chi connectivity index (χ4v) is 2.29. The molecular weight excluding hydrogens is 246 g/mol. The lowest BCUT2D eigenvalue weighted by atomic mass is 10.0. The molecule has 20 heavy (non-hydrogen) atoms. The summed E-state index contributed by atoms with van der Waals surface area (Å²) < 4.78 is 0. The van der Waals surface area contributed by atoms with Gasteiger partial charge in [-0.2, -0.15) is 0 Å². The van der Waals surface area contributed by atoms with Crippen LogP contribution in [0, 0.1) is 6.92 Å². The first-order valence-corrected chi connectivity index (χ1v) is 7.11. The van der Waals surface area contributed by atoms with Gasteiger partial charge in [-0.3, -0.25) is 4.79 Å². The Hall–Kier alpha value is -2.09. The van der Waals surface area contributed by atoms with Gasteiger partial charge in [0.15, 0.2) is 0 Å². The average Bonchev–Trinajstić information content (AvgIpc) is 2.48. The van der Waals surface area contributed by atoms with Crippen molar-refractivity contribution in [1.29, 1.82) is 0 Å². The van der Waals surface area contributed by atoms with Crippen LogP contribution < -0.4 is 5.32 Å². The first kappa shape index (κ1) is 14.3. The number of hydrogen-bond acceptors (Lipinski definition) is 1. The van der Waals surface area contributed by atoms with Crippen LogP contribution in [0.4, 0.5) is 0 Å². The molecule has 0 aliphatic carbocycles. The summed E-state index contributed by atoms with van der Waals surface area (Å²) in [6, 6.07) is 18.1. The Labute approximate surface area is 120 Å². The summed E-state index contributed by atoms with van der Waals surface area (Å²) in [7, 11) is 0. The van der Waals surface area contributed by atoms with Crippen molar-refractivity contribution in [3.8, 4) is 0 Å². The van der Waals surface area contributed by atoms with E-state index in [1.165, 1.54) is 5.56 Å². The second kappa shape index (κ2) is 6.90. The molecule has 2 nitrogen and oxygen atoms in total. The van der Waals surface area contributed by atoms with E-state index >= 15 is 0 Å². The van der Waals surface area contributed by atoms with E-state index in [1.54, 1.807) is 0 Å². The number of aryl methyl sites for hydroxylation is 1. The summed E-state index contributed by atoms with van der Waals surface area (Å²) >= 11 is 0. The summed E-state index contributed by atoms with van der Waals surface area (Å²) in [6.45, 7) is 4.07. The van der Waals surface area contributed by atoms with Crippen molar-refractivity contribution in [3.63, 3.8) is 0 Å². The number of amides is 1. The van der Waals surface area contributed by atoms with Gasteiger partial charge >= 0.3 is 0 Å². The number of nitrogens with one attached hydrogen (secondary N) is 1. The number of hydrogen-bond donors (Lipinski definition) is 1. The van der Waals surface area contributed by atoms with E-state index in [0.717, 1.165) is 24.0 Å². The average molecular weight is 267 g/mol. The maximum atomic E-state index is 12.3. The molecule has 2 aromatic carbocycles. The third kappa shape index (κ3) is 3.70. The molecule has 2 heteroatoms. The standard InChI is InChI=1S/C18H21NO/c1-3-16(13-15-10-5-4-6-11-15)19-18(20)17-12-8-7-9-14(17)2/h4-12,16H,3,13H2,1-2H3,(H,19,20)/t16-/m1/s1. The predicted molar refractivity (Wildman–Crippen MR) is 82.9 cm³/mol. The Balaban J connectivity index is 2.03. The van der Waals surface area contributed by atoms with Crippen molar-refractivity contribution in [2.24, 2.45) is 0 Å². The van der Waals surface area contributed by atoms with Crippen LogP contribution in [0.15, 0.2) is 54.6 Å². The highest BCUT2D eigenvalue weighted by molar-refractivity contribution is 5.95. The molecule has 0 saturated carbocycles. The van der Waals surface area contributed by atoms with Gasteiger partial charge in [-0.15, -0.1) is 0 Å². The molecule has 0 saturated heterocycles. The molecule has 2 rings (SSSR count). The Morgan fingerprint density at radius 3 is 2.35 bits per heavy atom. The molecule has 0 aliphatic rings. The van der Waals surface area contributed by atoms with E-state index in [9.17, 15) is 4.79 Å². The van der Waals surface area contributed by atoms with Gasteiger partial charge in [0.1, 0.15) is 0 Å². The summed E-state index contributed by atoms with van der Waals surface area (Å²) in [5, 5.41) is 3.13. The first-order chi connectivity index (χ1) is 9.70. The second-order valence-corrected chi connectivity index (χ2v) is 5.08. The third-order valence-electron chi connectivity index (χ3n) is 3.54. The third-order valence-corrected chi connectivity index (χ3v) is 3.54. The zero-order valence-corrected chi connectivity index (χ0v) is 12.1. The van der Waals surface area contributed by atoms with Crippen LogP contribution in [0.5, 0.6) is 0 Å². The minimum atomic E-state index is 0.0193. The fraction of sp³-hybridized carbons (Fsp3) is 0.278. The van der Waals surface area contributed by atoms with Crippen LogP contribution >= 0.6 is 0 Å². The Morgan fingerprint density at radius 1 is 1.05 bits per heavy atom. The molecule has 2 aromatic rings. The molecule has 1 atom stereocenters. The molecule has 1 amide bonds. The summed E-state index contributed by atoms with van der Waals surface area (Å²) in [5.74, 6) is 0.0193. The van der Waals surface area contributed by atoms with E-state index in [0.29, 0.717) is 0 Å². The monoisotopic (exact) mass is 267 g/mol. The molecule has 0 radical (unpaired) electrons. The van der Waals surface area contributed by atoms with Crippen LogP contribution in [0.25, 0.3) is 0 Å². The summed E-state index contributed by atoms with van der Waals surface area (Å²) in [4.78, 5) is 12.3. The van der Waals surface area contributed by atoms with Crippen molar-refractivity contribution < 1.29 is 4.79 Å². The smallest absolute Gasteiger partial charge is 0.251 e. The van der Waals surface area contributed by atoms with Gasteiger partial charge in [-0.05, 0) is 37.0 Å². The van der Waals surface area contributed by atoms with Crippen LogP contribution in [0.3, 0.4) is 0 Å². The van der Waals surface area contributed by atoms with Crippen LogP contribution in [0.2, 0.25) is 0 Å². The van der Waals surface area contributed by atoms with Crippen molar-refractivity contribution in [2.45, 2.75) is 32.7 Å². The Morgan fingerprint density at radius 2 is 1.70 bits per heavy atom. The topological polar surface area (TPSA) is 29.1 Å². The second-order valence-electron chi connectivity index (χ2n) is 5.08. The first-order valence-electron chi connectivity index (χ1n) is 7.11. The summed E-state index contributed by atoms with van der Waals surface area (Å²) in [5.41, 5.74) is 3.03. The van der Waals surface area contributed by atoms with Gasteiger partial charge < -0.3 is 5.32 Å². The Kier molecular flexibility index (Phi) is 4.94. The lowest BCUT2D eigenvalue weighted by Gasteiger charge is -2.18. The molecule has 0 bridgehead atoms.